The van der Waals surface area contributed by atoms with E-state index in [9.17, 15) is 14.4 Å². The van der Waals surface area contributed by atoms with Crippen molar-refractivity contribution in [1.82, 2.24) is 16.0 Å². The minimum atomic E-state index is -0.558. The van der Waals surface area contributed by atoms with Gasteiger partial charge in [-0.2, -0.15) is 0 Å². The summed E-state index contributed by atoms with van der Waals surface area (Å²) >= 11 is 0. The van der Waals surface area contributed by atoms with Gasteiger partial charge in [-0.05, 0) is 62.4 Å². The predicted molar refractivity (Wildman–Crippen MR) is 159 cm³/mol. The van der Waals surface area contributed by atoms with Gasteiger partial charge in [-0.25, -0.2) is 9.59 Å². The summed E-state index contributed by atoms with van der Waals surface area (Å²) in [5, 5.41) is 11.3. The highest BCUT2D eigenvalue weighted by Gasteiger charge is 2.15. The summed E-state index contributed by atoms with van der Waals surface area (Å²) in [5.41, 5.74) is 3.29. The number of hydrogen-bond acceptors (Lipinski definition) is 4. The number of carbonyl (C=O) groups excluding carboxylic acids is 3. The molecule has 0 fully saturated rings. The average Bonchev–Trinajstić information content (AvgIpc) is 2.92. The molecular formula is C32H38N4O4. The van der Waals surface area contributed by atoms with Crippen LogP contribution in [0.3, 0.4) is 0 Å². The molecule has 0 aliphatic rings. The third kappa shape index (κ3) is 11.4. The van der Waals surface area contributed by atoms with Gasteiger partial charge < -0.3 is 26.0 Å². The summed E-state index contributed by atoms with van der Waals surface area (Å²) in [6.45, 7) is 6.16. The number of anilines is 1. The molecule has 8 nitrogen and oxygen atoms in total. The van der Waals surface area contributed by atoms with Gasteiger partial charge in [0.2, 0.25) is 5.91 Å². The predicted octanol–water partition coefficient (Wildman–Crippen LogP) is 5.67. The van der Waals surface area contributed by atoms with E-state index < -0.39 is 17.7 Å². The van der Waals surface area contributed by atoms with Crippen molar-refractivity contribution in [3.8, 4) is 11.1 Å². The number of rotatable bonds is 11. The van der Waals surface area contributed by atoms with E-state index in [1.165, 1.54) is 6.08 Å². The van der Waals surface area contributed by atoms with Crippen LogP contribution in [0.15, 0.2) is 97.1 Å². The van der Waals surface area contributed by atoms with E-state index in [1.807, 2.05) is 84.9 Å². The Morgan fingerprint density at radius 3 is 2.05 bits per heavy atom. The second-order valence-corrected chi connectivity index (χ2v) is 10.3. The smallest absolute Gasteiger partial charge is 0.407 e. The molecule has 210 valence electrons. The average molecular weight is 543 g/mol. The topological polar surface area (TPSA) is 109 Å². The molecule has 3 rings (SSSR count). The van der Waals surface area contributed by atoms with E-state index in [2.05, 4.69) is 21.3 Å². The highest BCUT2D eigenvalue weighted by molar-refractivity contribution is 5.90. The van der Waals surface area contributed by atoms with Gasteiger partial charge in [0.15, 0.2) is 0 Å². The molecule has 0 radical (unpaired) electrons. The van der Waals surface area contributed by atoms with Gasteiger partial charge in [-0.15, -0.1) is 0 Å². The first-order valence-electron chi connectivity index (χ1n) is 13.4. The molecule has 0 bridgehead atoms. The number of ether oxygens (including phenoxy) is 1. The van der Waals surface area contributed by atoms with Crippen LogP contribution in [0, 0.1) is 0 Å². The zero-order valence-electron chi connectivity index (χ0n) is 23.3. The number of urea groups is 1. The minimum absolute atomic E-state index is 0.283. The van der Waals surface area contributed by atoms with Crippen molar-refractivity contribution in [3.63, 3.8) is 0 Å². The van der Waals surface area contributed by atoms with Crippen LogP contribution in [-0.2, 0) is 16.0 Å². The summed E-state index contributed by atoms with van der Waals surface area (Å²) in [5.74, 6) is -0.283. The fourth-order valence-electron chi connectivity index (χ4n) is 3.81. The first kappa shape index (κ1) is 30.0. The Morgan fingerprint density at radius 1 is 0.800 bits per heavy atom. The summed E-state index contributed by atoms with van der Waals surface area (Å²) in [6, 6.07) is 26.6. The van der Waals surface area contributed by atoms with Crippen molar-refractivity contribution in [2.45, 2.75) is 45.3 Å². The Hall–Kier alpha value is -4.59. The van der Waals surface area contributed by atoms with E-state index in [0.29, 0.717) is 31.6 Å². The van der Waals surface area contributed by atoms with Crippen LogP contribution in [0.4, 0.5) is 15.3 Å². The quantitative estimate of drug-likeness (QED) is 0.185. The van der Waals surface area contributed by atoms with Crippen molar-refractivity contribution in [1.29, 1.82) is 0 Å². The lowest BCUT2D eigenvalue weighted by Gasteiger charge is -2.19. The molecule has 0 saturated heterocycles. The zero-order valence-corrected chi connectivity index (χ0v) is 23.3. The molecule has 4 amide bonds. The third-order valence-electron chi connectivity index (χ3n) is 5.67. The highest BCUT2D eigenvalue weighted by Crippen LogP contribution is 2.21. The molecule has 8 heteroatoms. The molecule has 40 heavy (non-hydrogen) atoms. The SMILES string of the molecule is CC(C)(C)OC(=O)NCCCNC(=O)C=CC(Cc1ccccc1)NC(=O)Nc1ccc(-c2ccccc2)cc1. The first-order chi connectivity index (χ1) is 19.2. The van der Waals surface area contributed by atoms with Crippen LogP contribution in [-0.4, -0.2) is 42.8 Å². The normalized spacial score (nSPS) is 11.9. The maximum Gasteiger partial charge on any atom is 0.407 e. The molecule has 0 saturated carbocycles. The standard InChI is InChI=1S/C32H38N4O4/c1-32(2,3)40-31(39)34-22-10-21-33-29(37)20-19-28(23-24-11-6-4-7-12-24)36-30(38)35-27-17-15-26(16-18-27)25-13-8-5-9-14-25/h4-9,11-20,28H,10,21-23H2,1-3H3,(H,33,37)(H,34,39)(H2,35,36,38). The number of alkyl carbamates (subject to hydrolysis) is 1. The minimum Gasteiger partial charge on any atom is -0.444 e. The van der Waals surface area contributed by atoms with E-state index in [0.717, 1.165) is 16.7 Å². The van der Waals surface area contributed by atoms with Crippen molar-refractivity contribution >= 4 is 23.7 Å². The van der Waals surface area contributed by atoms with Crippen LogP contribution < -0.4 is 21.3 Å². The second-order valence-electron chi connectivity index (χ2n) is 10.3. The molecule has 0 aromatic heterocycles. The van der Waals surface area contributed by atoms with Crippen molar-refractivity contribution in [2.24, 2.45) is 0 Å². The molecule has 4 N–H and O–H groups in total. The number of amides is 4. The first-order valence-corrected chi connectivity index (χ1v) is 13.4. The van der Waals surface area contributed by atoms with E-state index in [-0.39, 0.29) is 11.9 Å². The van der Waals surface area contributed by atoms with Crippen LogP contribution in [0.5, 0.6) is 0 Å². The molecule has 1 atom stereocenters. The Labute approximate surface area is 236 Å². The van der Waals surface area contributed by atoms with Gasteiger partial charge >= 0.3 is 12.1 Å². The Kier molecular flexibility index (Phi) is 11.3. The van der Waals surface area contributed by atoms with Gasteiger partial charge in [-0.1, -0.05) is 78.9 Å². The van der Waals surface area contributed by atoms with Crippen LogP contribution in [0.2, 0.25) is 0 Å². The van der Waals surface area contributed by atoms with Crippen LogP contribution in [0.25, 0.3) is 11.1 Å². The van der Waals surface area contributed by atoms with Gasteiger partial charge in [0.05, 0.1) is 6.04 Å². The monoisotopic (exact) mass is 542 g/mol. The number of hydrogen-bond donors (Lipinski definition) is 4. The molecular weight excluding hydrogens is 504 g/mol. The van der Waals surface area contributed by atoms with Crippen molar-refractivity contribution < 1.29 is 19.1 Å². The molecule has 3 aromatic rings. The van der Waals surface area contributed by atoms with Gasteiger partial charge in [0.1, 0.15) is 5.60 Å². The fraction of sp³-hybridized carbons (Fsp3) is 0.281. The van der Waals surface area contributed by atoms with Crippen LogP contribution >= 0.6 is 0 Å². The van der Waals surface area contributed by atoms with Gasteiger partial charge in [-0.3, -0.25) is 4.79 Å². The summed E-state index contributed by atoms with van der Waals surface area (Å²) in [4.78, 5) is 36.9. The largest absolute Gasteiger partial charge is 0.444 e. The molecule has 0 spiro atoms. The van der Waals surface area contributed by atoms with Crippen LogP contribution in [0.1, 0.15) is 32.8 Å². The van der Waals surface area contributed by atoms with Gasteiger partial charge in [0.25, 0.3) is 0 Å². The number of nitrogens with one attached hydrogen (secondary N) is 4. The molecule has 0 heterocycles. The molecule has 3 aromatic carbocycles. The highest BCUT2D eigenvalue weighted by atomic mass is 16.6. The summed E-state index contributed by atoms with van der Waals surface area (Å²) in [6.07, 6.45) is 3.68. The number of benzene rings is 3. The van der Waals surface area contributed by atoms with E-state index in [4.69, 9.17) is 4.74 Å². The fourth-order valence-corrected chi connectivity index (χ4v) is 3.81. The molecule has 0 aliphatic carbocycles. The van der Waals surface area contributed by atoms with Crippen molar-refractivity contribution in [3.05, 3.63) is 103 Å². The lowest BCUT2D eigenvalue weighted by Crippen LogP contribution is -2.38. The Morgan fingerprint density at radius 2 is 1.40 bits per heavy atom. The lowest BCUT2D eigenvalue weighted by molar-refractivity contribution is -0.116. The van der Waals surface area contributed by atoms with Gasteiger partial charge in [0, 0.05) is 24.9 Å². The summed E-state index contributed by atoms with van der Waals surface area (Å²) < 4.78 is 5.18. The number of carbonyl (C=O) groups is 3. The Balaban J connectivity index is 1.50. The molecule has 0 aliphatic heterocycles. The third-order valence-corrected chi connectivity index (χ3v) is 5.67. The summed E-state index contributed by atoms with van der Waals surface area (Å²) in [7, 11) is 0. The van der Waals surface area contributed by atoms with Crippen molar-refractivity contribution in [2.75, 3.05) is 18.4 Å². The second kappa shape index (κ2) is 15.1. The Bertz CT molecular complexity index is 1250. The maximum absolute atomic E-state index is 12.8. The zero-order chi connectivity index (χ0) is 28.8. The maximum atomic E-state index is 12.8. The van der Waals surface area contributed by atoms with E-state index >= 15 is 0 Å². The lowest BCUT2D eigenvalue weighted by atomic mass is 10.1. The molecule has 1 unspecified atom stereocenters. The van der Waals surface area contributed by atoms with E-state index in [1.54, 1.807) is 26.8 Å².